The Labute approximate surface area is 258 Å². The fraction of sp³-hybridized carbons (Fsp3) is 0.382. The van der Waals surface area contributed by atoms with E-state index >= 15 is 0 Å². The number of hydrogen-bond acceptors (Lipinski definition) is 5. The van der Waals surface area contributed by atoms with Gasteiger partial charge in [0.05, 0.1) is 6.10 Å². The molecule has 0 bridgehead atoms. The number of piperidine rings is 1. The number of anilines is 2. The summed E-state index contributed by atoms with van der Waals surface area (Å²) in [5.41, 5.74) is 10.7. The summed E-state index contributed by atoms with van der Waals surface area (Å²) < 4.78 is 6.51. The predicted molar refractivity (Wildman–Crippen MR) is 170 cm³/mol. The molecular formula is C34H39ClN4O4. The first kappa shape index (κ1) is 30.7. The van der Waals surface area contributed by atoms with Crippen molar-refractivity contribution < 1.29 is 19.1 Å². The van der Waals surface area contributed by atoms with Gasteiger partial charge in [0, 0.05) is 39.6 Å². The molecule has 2 aliphatic rings. The molecule has 43 heavy (non-hydrogen) atoms. The third kappa shape index (κ3) is 6.93. The molecule has 3 aromatic rings. The van der Waals surface area contributed by atoms with Crippen LogP contribution in [0.15, 0.2) is 60.7 Å². The van der Waals surface area contributed by atoms with Crippen molar-refractivity contribution in [2.45, 2.75) is 51.7 Å². The summed E-state index contributed by atoms with van der Waals surface area (Å²) in [5.74, 6) is -0.763. The maximum absolute atomic E-state index is 14.0. The van der Waals surface area contributed by atoms with E-state index in [0.717, 1.165) is 42.6 Å². The third-order valence-corrected chi connectivity index (χ3v) is 8.84. The van der Waals surface area contributed by atoms with Crippen molar-refractivity contribution in [1.82, 2.24) is 4.90 Å². The Morgan fingerprint density at radius 2 is 1.67 bits per heavy atom. The number of aryl methyl sites for hydroxylation is 2. The number of hydrogen-bond donors (Lipinski definition) is 2. The van der Waals surface area contributed by atoms with Gasteiger partial charge in [0.2, 0.25) is 5.91 Å². The van der Waals surface area contributed by atoms with Crippen LogP contribution in [0.4, 0.5) is 11.4 Å². The molecule has 5 rings (SSSR count). The van der Waals surface area contributed by atoms with E-state index in [0.29, 0.717) is 46.9 Å². The number of nitrogens with two attached hydrogens (primary N) is 1. The second-order valence-corrected chi connectivity index (χ2v) is 12.1. The van der Waals surface area contributed by atoms with Gasteiger partial charge in [-0.25, -0.2) is 0 Å². The van der Waals surface area contributed by atoms with Gasteiger partial charge in [0.15, 0.2) is 0 Å². The number of nitrogens with zero attached hydrogens (tertiary/aromatic N) is 2. The smallest absolute Gasteiger partial charge is 0.258 e. The number of benzene rings is 3. The van der Waals surface area contributed by atoms with Crippen LogP contribution in [-0.4, -0.2) is 55.4 Å². The lowest BCUT2D eigenvalue weighted by molar-refractivity contribution is -0.140. The van der Waals surface area contributed by atoms with Gasteiger partial charge in [-0.15, -0.1) is 0 Å². The van der Waals surface area contributed by atoms with E-state index in [2.05, 4.69) is 17.3 Å². The largest absolute Gasteiger partial charge is 0.367 e. The normalized spacial score (nSPS) is 18.4. The van der Waals surface area contributed by atoms with Crippen molar-refractivity contribution in [3.63, 3.8) is 0 Å². The maximum Gasteiger partial charge on any atom is 0.258 e. The van der Waals surface area contributed by atoms with Gasteiger partial charge < -0.3 is 25.6 Å². The lowest BCUT2D eigenvalue weighted by Gasteiger charge is -2.34. The van der Waals surface area contributed by atoms with Gasteiger partial charge >= 0.3 is 0 Å². The Morgan fingerprint density at radius 1 is 0.930 bits per heavy atom. The van der Waals surface area contributed by atoms with Crippen molar-refractivity contribution in [2.24, 2.45) is 11.7 Å². The minimum absolute atomic E-state index is 0.0461. The molecule has 0 aliphatic carbocycles. The first-order chi connectivity index (χ1) is 20.6. The molecule has 8 nitrogen and oxygen atoms in total. The van der Waals surface area contributed by atoms with E-state index in [-0.39, 0.29) is 17.7 Å². The molecule has 2 heterocycles. The number of amides is 3. The molecule has 0 radical (unpaired) electrons. The van der Waals surface area contributed by atoms with E-state index in [1.807, 2.05) is 50.2 Å². The average molecular weight is 603 g/mol. The van der Waals surface area contributed by atoms with Crippen LogP contribution in [0.25, 0.3) is 0 Å². The summed E-state index contributed by atoms with van der Waals surface area (Å²) in [6.07, 6.45) is 1.83. The van der Waals surface area contributed by atoms with Crippen molar-refractivity contribution in [2.75, 3.05) is 36.9 Å². The van der Waals surface area contributed by atoms with Crippen LogP contribution < -0.4 is 16.0 Å². The first-order valence-electron chi connectivity index (χ1n) is 14.8. The highest BCUT2D eigenvalue weighted by atomic mass is 35.5. The minimum atomic E-state index is -0.711. The summed E-state index contributed by atoms with van der Waals surface area (Å²) in [4.78, 5) is 43.4. The third-order valence-electron chi connectivity index (χ3n) is 8.61. The van der Waals surface area contributed by atoms with Crippen LogP contribution in [0, 0.1) is 19.8 Å². The number of halogens is 1. The minimum Gasteiger partial charge on any atom is -0.367 e. The molecular weight excluding hydrogens is 564 g/mol. The van der Waals surface area contributed by atoms with E-state index in [9.17, 15) is 14.4 Å². The van der Waals surface area contributed by atoms with Crippen LogP contribution in [0.3, 0.4) is 0 Å². The van der Waals surface area contributed by atoms with Gasteiger partial charge in [-0.2, -0.15) is 0 Å². The van der Waals surface area contributed by atoms with Gasteiger partial charge in [-0.05, 0) is 119 Å². The number of carbonyl (C=O) groups excluding carboxylic acids is 3. The number of nitrogens with one attached hydrogen (secondary N) is 1. The molecule has 226 valence electrons. The predicted octanol–water partition coefficient (Wildman–Crippen LogP) is 5.90. The molecule has 3 amide bonds. The van der Waals surface area contributed by atoms with Crippen LogP contribution >= 0.6 is 11.6 Å². The zero-order valence-corrected chi connectivity index (χ0v) is 25.7. The van der Waals surface area contributed by atoms with Crippen LogP contribution in [-0.2, 0) is 9.53 Å². The lowest BCUT2D eigenvalue weighted by Crippen LogP contribution is -2.43. The SMILES string of the molecule is Cc1ccccc1C(=O)Nc1ccc(C(=O)N2CCCC(OC(C(N)=O)C3CCN(C)CC3)c3cc(Cl)ccc32)c(C)c1. The number of rotatable bonds is 7. The maximum atomic E-state index is 14.0. The highest BCUT2D eigenvalue weighted by Crippen LogP contribution is 2.40. The number of ether oxygens (including phenoxy) is 1. The summed E-state index contributed by atoms with van der Waals surface area (Å²) >= 11 is 6.45. The molecule has 3 aromatic carbocycles. The molecule has 3 N–H and O–H groups in total. The molecule has 1 saturated heterocycles. The number of primary amides is 1. The summed E-state index contributed by atoms with van der Waals surface area (Å²) in [7, 11) is 2.07. The fourth-order valence-electron chi connectivity index (χ4n) is 6.16. The average Bonchev–Trinajstić information content (AvgIpc) is 3.15. The second-order valence-electron chi connectivity index (χ2n) is 11.7. The number of likely N-dealkylation sites (tertiary alicyclic amines) is 1. The molecule has 0 saturated carbocycles. The zero-order valence-electron chi connectivity index (χ0n) is 24.9. The van der Waals surface area contributed by atoms with Gasteiger partial charge in [-0.3, -0.25) is 14.4 Å². The summed E-state index contributed by atoms with van der Waals surface area (Å²) in [5, 5.41) is 3.47. The monoisotopic (exact) mass is 602 g/mol. The van der Waals surface area contributed by atoms with E-state index < -0.39 is 18.1 Å². The molecule has 2 atom stereocenters. The topological polar surface area (TPSA) is 105 Å². The van der Waals surface area contributed by atoms with Crippen molar-refractivity contribution in [3.05, 3.63) is 93.5 Å². The summed E-state index contributed by atoms with van der Waals surface area (Å²) in [6, 6.07) is 18.2. The standard InChI is InChI=1S/C34H39ClN4O4/c1-21-7-4-5-8-26(21)33(41)37-25-11-12-27(22(2)19-25)34(42)39-16-6-9-30(28-20-24(35)10-13-29(28)39)43-31(32(36)40)23-14-17-38(3)18-15-23/h4-5,7-8,10-13,19-20,23,30-31H,6,9,14-18H2,1-3H3,(H2,36,40)(H,37,41). The highest BCUT2D eigenvalue weighted by molar-refractivity contribution is 6.30. The van der Waals surface area contributed by atoms with Crippen molar-refractivity contribution in [1.29, 1.82) is 0 Å². The van der Waals surface area contributed by atoms with Crippen LogP contribution in [0.2, 0.25) is 5.02 Å². The Morgan fingerprint density at radius 3 is 2.37 bits per heavy atom. The molecule has 2 aliphatic heterocycles. The van der Waals surface area contributed by atoms with E-state index in [1.165, 1.54) is 0 Å². The fourth-order valence-corrected chi connectivity index (χ4v) is 6.34. The van der Waals surface area contributed by atoms with Crippen molar-refractivity contribution >= 4 is 40.7 Å². The molecule has 1 fully saturated rings. The zero-order chi connectivity index (χ0) is 30.7. The second kappa shape index (κ2) is 13.3. The van der Waals surface area contributed by atoms with Gasteiger partial charge in [0.25, 0.3) is 11.8 Å². The van der Waals surface area contributed by atoms with E-state index in [1.54, 1.807) is 29.2 Å². The Balaban J connectivity index is 1.38. The van der Waals surface area contributed by atoms with Crippen LogP contribution in [0.1, 0.15) is 69.2 Å². The number of carbonyl (C=O) groups is 3. The van der Waals surface area contributed by atoms with Crippen LogP contribution in [0.5, 0.6) is 0 Å². The number of fused-ring (bicyclic) bond motifs is 1. The highest BCUT2D eigenvalue weighted by Gasteiger charge is 2.35. The van der Waals surface area contributed by atoms with Gasteiger partial charge in [0.1, 0.15) is 6.10 Å². The molecule has 0 aromatic heterocycles. The van der Waals surface area contributed by atoms with Gasteiger partial charge in [-0.1, -0.05) is 29.8 Å². The Hall–Kier alpha value is -3.72. The molecule has 2 unspecified atom stereocenters. The van der Waals surface area contributed by atoms with Crippen molar-refractivity contribution in [3.8, 4) is 0 Å². The quantitative estimate of drug-likeness (QED) is 0.350. The molecule has 9 heteroatoms. The molecule has 0 spiro atoms. The first-order valence-corrected chi connectivity index (χ1v) is 15.2. The van der Waals surface area contributed by atoms with E-state index in [4.69, 9.17) is 22.1 Å². The Kier molecular flexibility index (Phi) is 9.49. The summed E-state index contributed by atoms with van der Waals surface area (Å²) in [6.45, 7) is 6.02. The lowest BCUT2D eigenvalue weighted by atomic mass is 9.90. The Bertz CT molecular complexity index is 1520.